The van der Waals surface area contributed by atoms with E-state index in [2.05, 4.69) is 17.4 Å². The van der Waals surface area contributed by atoms with E-state index in [1.165, 1.54) is 0 Å². The summed E-state index contributed by atoms with van der Waals surface area (Å²) in [5.74, 6) is 1.97. The Hall–Kier alpha value is -0.740. The average Bonchev–Trinajstić information content (AvgIpc) is 2.49. The first kappa shape index (κ1) is 10.3. The Labute approximate surface area is 83.0 Å². The van der Waals surface area contributed by atoms with Crippen molar-refractivity contribution in [3.05, 3.63) is 11.3 Å². The Morgan fingerprint density at radius 3 is 3.08 bits per heavy atom. The summed E-state index contributed by atoms with van der Waals surface area (Å²) in [5, 5.41) is 7.10. The van der Waals surface area contributed by atoms with Crippen molar-refractivity contribution in [2.75, 3.05) is 13.7 Å². The molecule has 2 rings (SSSR count). The second kappa shape index (κ2) is 3.98. The van der Waals surface area contributed by atoms with E-state index in [-0.39, 0.29) is 12.4 Å². The molecule has 2 heterocycles. The van der Waals surface area contributed by atoms with Gasteiger partial charge in [-0.1, -0.05) is 6.92 Å². The van der Waals surface area contributed by atoms with Crippen LogP contribution in [0.4, 0.5) is 0 Å². The van der Waals surface area contributed by atoms with Gasteiger partial charge in [-0.15, -0.1) is 12.4 Å². The molecule has 0 fully saturated rings. The van der Waals surface area contributed by atoms with Gasteiger partial charge in [-0.25, -0.2) is 0 Å². The van der Waals surface area contributed by atoms with Crippen LogP contribution in [0.5, 0.6) is 5.88 Å². The molecule has 0 aromatic carbocycles. The fourth-order valence-electron chi connectivity index (χ4n) is 1.52. The Kier molecular flexibility index (Phi) is 3.17. The lowest BCUT2D eigenvalue weighted by Crippen LogP contribution is -2.25. The molecule has 1 aromatic heterocycles. The lowest BCUT2D eigenvalue weighted by Gasteiger charge is -2.16. The summed E-state index contributed by atoms with van der Waals surface area (Å²) in [5.41, 5.74) is 1.07. The molecule has 1 aromatic rings. The van der Waals surface area contributed by atoms with Crippen LogP contribution in [0, 0.1) is 0 Å². The molecule has 4 nitrogen and oxygen atoms in total. The fraction of sp³-hybridized carbons (Fsp3) is 0.625. The topological polar surface area (TPSA) is 47.3 Å². The number of methoxy groups -OCH3 is 1. The van der Waals surface area contributed by atoms with Crippen molar-refractivity contribution >= 4 is 12.4 Å². The molecule has 1 aliphatic rings. The molecule has 1 unspecified atom stereocenters. The first-order chi connectivity index (χ1) is 5.83. The summed E-state index contributed by atoms with van der Waals surface area (Å²) in [4.78, 5) is 0. The summed E-state index contributed by atoms with van der Waals surface area (Å²) in [7, 11) is 1.61. The van der Waals surface area contributed by atoms with Gasteiger partial charge in [0.05, 0.1) is 12.7 Å². The largest absolute Gasteiger partial charge is 0.479 e. The highest BCUT2D eigenvalue weighted by molar-refractivity contribution is 5.85. The number of hydrogen-bond donors (Lipinski definition) is 1. The van der Waals surface area contributed by atoms with Crippen molar-refractivity contribution in [1.82, 2.24) is 10.5 Å². The van der Waals surface area contributed by atoms with Crippen molar-refractivity contribution in [1.29, 1.82) is 0 Å². The Balaban J connectivity index is 0.000000845. The molecule has 5 heteroatoms. The third-order valence-electron chi connectivity index (χ3n) is 2.18. The van der Waals surface area contributed by atoms with Crippen LogP contribution in [0.2, 0.25) is 0 Å². The zero-order chi connectivity index (χ0) is 8.55. The number of aromatic nitrogens is 1. The van der Waals surface area contributed by atoms with Crippen molar-refractivity contribution < 1.29 is 9.26 Å². The van der Waals surface area contributed by atoms with Gasteiger partial charge < -0.3 is 14.6 Å². The molecule has 74 valence electrons. The highest BCUT2D eigenvalue weighted by Crippen LogP contribution is 2.29. The van der Waals surface area contributed by atoms with Gasteiger partial charge in [0.15, 0.2) is 0 Å². The zero-order valence-corrected chi connectivity index (χ0v) is 8.48. The summed E-state index contributed by atoms with van der Waals surface area (Å²) in [6, 6.07) is 0. The van der Waals surface area contributed by atoms with E-state index in [9.17, 15) is 0 Å². The number of halogens is 1. The number of nitrogens with zero attached hydrogens (tertiary/aromatic N) is 1. The highest BCUT2D eigenvalue weighted by Gasteiger charge is 2.24. The van der Waals surface area contributed by atoms with Crippen LogP contribution >= 0.6 is 12.4 Å². The summed E-state index contributed by atoms with van der Waals surface area (Å²) < 4.78 is 10.2. The van der Waals surface area contributed by atoms with E-state index >= 15 is 0 Å². The molecule has 0 amide bonds. The van der Waals surface area contributed by atoms with Crippen LogP contribution in [0.25, 0.3) is 0 Å². The average molecular weight is 205 g/mol. The molecule has 0 spiro atoms. The van der Waals surface area contributed by atoms with E-state index in [0.717, 1.165) is 24.4 Å². The summed E-state index contributed by atoms with van der Waals surface area (Å²) >= 11 is 0. The monoisotopic (exact) mass is 204 g/mol. The van der Waals surface area contributed by atoms with Crippen LogP contribution in [-0.4, -0.2) is 18.8 Å². The minimum absolute atomic E-state index is 0. The van der Waals surface area contributed by atoms with Crippen molar-refractivity contribution in [3.63, 3.8) is 0 Å². The molecule has 0 saturated carbocycles. The zero-order valence-electron chi connectivity index (χ0n) is 7.66. The molecule has 0 radical (unpaired) electrons. The molecule has 1 atom stereocenters. The van der Waals surface area contributed by atoms with Crippen molar-refractivity contribution in [2.45, 2.75) is 19.4 Å². The highest BCUT2D eigenvalue weighted by atomic mass is 35.5. The first-order valence-electron chi connectivity index (χ1n) is 4.06. The molecular formula is C8H13ClN2O2. The normalized spacial score (nSPS) is 20.3. The van der Waals surface area contributed by atoms with Gasteiger partial charge in [0.25, 0.3) is 5.88 Å². The third-order valence-corrected chi connectivity index (χ3v) is 2.18. The van der Waals surface area contributed by atoms with Crippen LogP contribution in [0.15, 0.2) is 4.52 Å². The standard InChI is InChI=1S/C8H12N2O2.ClH/c1-5-3-9-4-6-7(5)12-10-8(6)11-2;/h5,9H,3-4H2,1-2H3;1H. The maximum Gasteiger partial charge on any atom is 0.258 e. The number of rotatable bonds is 1. The van der Waals surface area contributed by atoms with Crippen LogP contribution < -0.4 is 10.1 Å². The number of ether oxygens (including phenoxy) is 1. The SMILES string of the molecule is COc1noc2c1CNCC2C.Cl. The number of fused-ring (bicyclic) bond motifs is 1. The van der Waals surface area contributed by atoms with Crippen LogP contribution in [0.3, 0.4) is 0 Å². The second-order valence-electron chi connectivity index (χ2n) is 3.07. The Morgan fingerprint density at radius 2 is 2.38 bits per heavy atom. The van der Waals surface area contributed by atoms with Crippen LogP contribution in [-0.2, 0) is 6.54 Å². The van der Waals surface area contributed by atoms with Gasteiger partial charge in [0.2, 0.25) is 0 Å². The van der Waals surface area contributed by atoms with Gasteiger partial charge in [0.1, 0.15) is 5.76 Å². The van der Waals surface area contributed by atoms with Crippen LogP contribution in [0.1, 0.15) is 24.2 Å². The first-order valence-corrected chi connectivity index (χ1v) is 4.06. The summed E-state index contributed by atoms with van der Waals surface area (Å²) in [6.45, 7) is 3.85. The summed E-state index contributed by atoms with van der Waals surface area (Å²) in [6.07, 6.45) is 0. The predicted octanol–water partition coefficient (Wildman–Crippen LogP) is 1.31. The minimum atomic E-state index is 0. The maximum atomic E-state index is 5.18. The lowest BCUT2D eigenvalue weighted by atomic mass is 10.0. The quantitative estimate of drug-likeness (QED) is 0.750. The predicted molar refractivity (Wildman–Crippen MR) is 50.4 cm³/mol. The number of nitrogens with one attached hydrogen (secondary N) is 1. The Bertz CT molecular complexity index is 288. The second-order valence-corrected chi connectivity index (χ2v) is 3.07. The minimum Gasteiger partial charge on any atom is -0.479 e. The van der Waals surface area contributed by atoms with Crippen molar-refractivity contribution in [2.24, 2.45) is 0 Å². The van der Waals surface area contributed by atoms with E-state index in [4.69, 9.17) is 9.26 Å². The van der Waals surface area contributed by atoms with E-state index in [1.54, 1.807) is 7.11 Å². The van der Waals surface area contributed by atoms with E-state index in [0.29, 0.717) is 11.8 Å². The number of hydrogen-bond acceptors (Lipinski definition) is 4. The molecule has 0 saturated heterocycles. The maximum absolute atomic E-state index is 5.18. The van der Waals surface area contributed by atoms with Gasteiger partial charge >= 0.3 is 0 Å². The molecule has 1 aliphatic heterocycles. The smallest absolute Gasteiger partial charge is 0.258 e. The third kappa shape index (κ3) is 1.64. The molecule has 0 aliphatic carbocycles. The molecule has 0 bridgehead atoms. The van der Waals surface area contributed by atoms with Gasteiger partial charge in [-0.05, 0) is 5.16 Å². The Morgan fingerprint density at radius 1 is 1.62 bits per heavy atom. The fourth-order valence-corrected chi connectivity index (χ4v) is 1.52. The molecule has 13 heavy (non-hydrogen) atoms. The molecule has 1 N–H and O–H groups in total. The molecular weight excluding hydrogens is 192 g/mol. The van der Waals surface area contributed by atoms with Gasteiger partial charge in [-0.3, -0.25) is 0 Å². The van der Waals surface area contributed by atoms with Gasteiger partial charge in [-0.2, -0.15) is 0 Å². The van der Waals surface area contributed by atoms with Gasteiger partial charge in [0, 0.05) is 19.0 Å². The van der Waals surface area contributed by atoms with E-state index < -0.39 is 0 Å². The van der Waals surface area contributed by atoms with Crippen molar-refractivity contribution in [3.8, 4) is 5.88 Å². The van der Waals surface area contributed by atoms with E-state index in [1.807, 2.05) is 0 Å². The lowest BCUT2D eigenvalue weighted by molar-refractivity contribution is 0.318.